The number of aliphatic hydroxyl groups is 1. The van der Waals surface area contributed by atoms with E-state index in [0.29, 0.717) is 62.5 Å². The van der Waals surface area contributed by atoms with Gasteiger partial charge in [0.25, 0.3) is 0 Å². The number of phenolic OH excluding ortho intramolecular Hbond substituents is 1. The van der Waals surface area contributed by atoms with Gasteiger partial charge in [0, 0.05) is 64.1 Å². The molecule has 2 aliphatic heterocycles. The number of aromatic hydroxyl groups is 1. The van der Waals surface area contributed by atoms with E-state index in [1.165, 1.54) is 4.90 Å². The number of nitrogen functional groups attached to an aromatic ring is 1. The Labute approximate surface area is 355 Å². The molecule has 0 aliphatic carbocycles. The van der Waals surface area contributed by atoms with Crippen LogP contribution in [0.5, 0.6) is 5.75 Å². The number of nitrogens with one attached hydrogen (secondary N) is 2. The third-order valence-electron chi connectivity index (χ3n) is 11.2. The molecular formula is C44H57N9O6S. The van der Waals surface area contributed by atoms with Crippen molar-refractivity contribution < 1.29 is 29.4 Å². The number of hydrogen-bond acceptors (Lipinski definition) is 12. The van der Waals surface area contributed by atoms with Crippen molar-refractivity contribution in [3.8, 4) is 27.4 Å². The van der Waals surface area contributed by atoms with Crippen LogP contribution in [-0.4, -0.2) is 110 Å². The van der Waals surface area contributed by atoms with Crippen molar-refractivity contribution in [2.75, 3.05) is 43.4 Å². The van der Waals surface area contributed by atoms with Gasteiger partial charge in [-0.05, 0) is 54.5 Å². The number of hydrogen-bond donors (Lipinski definition) is 5. The lowest BCUT2D eigenvalue weighted by molar-refractivity contribution is -0.144. The van der Waals surface area contributed by atoms with Gasteiger partial charge in [0.1, 0.15) is 17.8 Å². The van der Waals surface area contributed by atoms with Crippen LogP contribution in [0.25, 0.3) is 21.7 Å². The van der Waals surface area contributed by atoms with E-state index >= 15 is 0 Å². The van der Waals surface area contributed by atoms with E-state index < -0.39 is 29.5 Å². The minimum atomic E-state index is -0.892. The smallest absolute Gasteiger partial charge is 0.246 e. The Bertz CT molecular complexity index is 2130. The molecule has 4 aromatic rings. The number of amides is 4. The van der Waals surface area contributed by atoms with E-state index in [1.807, 2.05) is 74.5 Å². The molecule has 2 fully saturated rings. The minimum Gasteiger partial charge on any atom is -0.507 e. The highest BCUT2D eigenvalue weighted by atomic mass is 32.1. The number of aliphatic hydroxyl groups excluding tert-OH is 1. The number of unbranched alkanes of at least 4 members (excludes halogenated alkanes) is 3. The van der Waals surface area contributed by atoms with Crippen LogP contribution >= 0.6 is 11.3 Å². The normalized spacial score (nSPS) is 17.4. The molecule has 4 heterocycles. The molecule has 6 rings (SSSR count). The van der Waals surface area contributed by atoms with E-state index in [2.05, 4.69) is 30.7 Å². The fraction of sp³-hybridized carbons (Fsp3) is 0.477. The van der Waals surface area contributed by atoms with Crippen molar-refractivity contribution in [3.63, 3.8) is 0 Å². The van der Waals surface area contributed by atoms with Crippen LogP contribution in [0, 0.1) is 12.3 Å². The Hall–Kier alpha value is -5.61. The Kier molecular flexibility index (Phi) is 14.4. The monoisotopic (exact) mass is 839 g/mol. The van der Waals surface area contributed by atoms with E-state index in [4.69, 9.17) is 5.73 Å². The van der Waals surface area contributed by atoms with Crippen molar-refractivity contribution >= 4 is 46.5 Å². The molecule has 2 aliphatic rings. The number of nitrogens with zero attached hydrogens (tertiary/aromatic N) is 6. The van der Waals surface area contributed by atoms with Crippen LogP contribution in [-0.2, 0) is 25.7 Å². The van der Waals surface area contributed by atoms with E-state index in [0.717, 1.165) is 40.2 Å². The molecule has 60 heavy (non-hydrogen) atoms. The lowest BCUT2D eigenvalue weighted by Crippen LogP contribution is -2.57. The SMILES string of the molecule is Cc1ncsc1-c1ccc(CNC(=O)[C@@H]2C[C@@H](O)CN2C(=O)[C@@H](NC(=O)CCCCCCC(=O)N2CCN(c3cc(-c4ccccc4O)nnc3N)CC2)C(C)(C)C)cc1. The Morgan fingerprint density at radius 1 is 0.950 bits per heavy atom. The standard InChI is InChI=1S/C44H57N9O6S/c1-28-39(60-27-47-28)30-17-15-29(16-18-30)25-46-42(58)35-23-31(54)26-53(35)43(59)40(44(2,3)4)48-37(56)13-7-5-6-8-14-38(57)52-21-19-51(20-22-52)34-24-33(49-50-41(34)45)32-11-9-10-12-36(32)55/h9-12,15-18,24,27,31,35,40,54-55H,5-8,13-14,19-23,25-26H2,1-4H3,(H2,45,50)(H,46,58)(H,48,56)/t31-,35+,40-/m1/s1. The molecule has 3 atom stereocenters. The number of β-amino-alcohol motifs (C(OH)–C–C–N with tert-alkyl or cyclic N) is 1. The number of nitrogens with two attached hydrogens (primary N) is 1. The van der Waals surface area contributed by atoms with Gasteiger partial charge in [0.15, 0.2) is 5.82 Å². The van der Waals surface area contributed by atoms with Crippen molar-refractivity contribution in [1.82, 2.24) is 35.6 Å². The van der Waals surface area contributed by atoms with E-state index in [1.54, 1.807) is 29.5 Å². The zero-order valence-electron chi connectivity index (χ0n) is 34.9. The molecular weight excluding hydrogens is 783 g/mol. The average Bonchev–Trinajstić information content (AvgIpc) is 3.85. The number of anilines is 2. The molecule has 0 radical (unpaired) electrons. The molecule has 2 saturated heterocycles. The second-order valence-electron chi connectivity index (χ2n) is 16.7. The molecule has 0 bridgehead atoms. The number of likely N-dealkylation sites (tertiary alicyclic amines) is 1. The van der Waals surface area contributed by atoms with Gasteiger partial charge in [-0.2, -0.15) is 0 Å². The second-order valence-corrected chi connectivity index (χ2v) is 17.6. The molecule has 0 unspecified atom stereocenters. The average molecular weight is 840 g/mol. The molecule has 16 heteroatoms. The first-order chi connectivity index (χ1) is 28.7. The summed E-state index contributed by atoms with van der Waals surface area (Å²) in [6.45, 7) is 10.1. The molecule has 2 aromatic heterocycles. The fourth-order valence-corrected chi connectivity index (χ4v) is 8.56. The van der Waals surface area contributed by atoms with E-state index in [-0.39, 0.29) is 49.4 Å². The predicted octanol–water partition coefficient (Wildman–Crippen LogP) is 4.66. The number of phenols is 1. The Balaban J connectivity index is 0.910. The largest absolute Gasteiger partial charge is 0.507 e. The van der Waals surface area contributed by atoms with Crippen LogP contribution in [0.3, 0.4) is 0 Å². The number of carbonyl (C=O) groups is 4. The summed E-state index contributed by atoms with van der Waals surface area (Å²) in [5, 5.41) is 35.0. The maximum Gasteiger partial charge on any atom is 0.246 e. The fourth-order valence-electron chi connectivity index (χ4n) is 7.75. The highest BCUT2D eigenvalue weighted by Crippen LogP contribution is 2.32. The third kappa shape index (κ3) is 11.0. The number of aromatic nitrogens is 3. The van der Waals surface area contributed by atoms with Crippen molar-refractivity contribution in [3.05, 3.63) is 71.4 Å². The summed E-state index contributed by atoms with van der Waals surface area (Å²) < 4.78 is 0. The molecule has 0 saturated carbocycles. The highest BCUT2D eigenvalue weighted by Gasteiger charge is 2.44. The summed E-state index contributed by atoms with van der Waals surface area (Å²) in [5.74, 6) is -0.515. The Morgan fingerprint density at radius 2 is 1.65 bits per heavy atom. The molecule has 15 nitrogen and oxygen atoms in total. The maximum absolute atomic E-state index is 14.0. The van der Waals surface area contributed by atoms with Crippen LogP contribution in [0.2, 0.25) is 0 Å². The molecule has 4 amide bonds. The number of benzene rings is 2. The minimum absolute atomic E-state index is 0.00917. The number of rotatable bonds is 15. The number of thiazole rings is 1. The number of carbonyl (C=O) groups excluding carboxylic acids is 4. The summed E-state index contributed by atoms with van der Waals surface area (Å²) in [6.07, 6.45) is 2.75. The maximum atomic E-state index is 14.0. The summed E-state index contributed by atoms with van der Waals surface area (Å²) in [6, 6.07) is 14.9. The zero-order valence-corrected chi connectivity index (χ0v) is 35.7. The van der Waals surface area contributed by atoms with E-state index in [9.17, 15) is 29.4 Å². The third-order valence-corrected chi connectivity index (χ3v) is 12.2. The topological polar surface area (TPSA) is 207 Å². The number of piperazine rings is 1. The quantitative estimate of drug-likeness (QED) is 0.104. The molecule has 0 spiro atoms. The lowest BCUT2D eigenvalue weighted by Gasteiger charge is -2.36. The highest BCUT2D eigenvalue weighted by molar-refractivity contribution is 7.13. The summed E-state index contributed by atoms with van der Waals surface area (Å²) in [5.41, 5.74) is 12.1. The van der Waals surface area contributed by atoms with Gasteiger partial charge in [-0.3, -0.25) is 19.2 Å². The van der Waals surface area contributed by atoms with Gasteiger partial charge < -0.3 is 41.3 Å². The molecule has 2 aromatic carbocycles. The predicted molar refractivity (Wildman–Crippen MR) is 232 cm³/mol. The van der Waals surface area contributed by atoms with Crippen molar-refractivity contribution in [1.29, 1.82) is 0 Å². The van der Waals surface area contributed by atoms with Crippen LogP contribution in [0.4, 0.5) is 11.5 Å². The summed E-state index contributed by atoms with van der Waals surface area (Å²) in [7, 11) is 0. The first-order valence-corrected chi connectivity index (χ1v) is 21.6. The van der Waals surface area contributed by atoms with Gasteiger partial charge in [-0.15, -0.1) is 21.5 Å². The lowest BCUT2D eigenvalue weighted by atomic mass is 9.85. The van der Waals surface area contributed by atoms with Crippen LogP contribution in [0.15, 0.2) is 60.1 Å². The van der Waals surface area contributed by atoms with Gasteiger partial charge in [0.2, 0.25) is 23.6 Å². The summed E-state index contributed by atoms with van der Waals surface area (Å²) in [4.78, 5) is 64.4. The van der Waals surface area contributed by atoms with Gasteiger partial charge >= 0.3 is 0 Å². The van der Waals surface area contributed by atoms with Gasteiger partial charge in [-0.25, -0.2) is 4.98 Å². The first kappa shape index (κ1) is 44.0. The number of para-hydroxylation sites is 1. The molecule has 320 valence electrons. The molecule has 6 N–H and O–H groups in total. The van der Waals surface area contributed by atoms with Crippen molar-refractivity contribution in [2.24, 2.45) is 5.41 Å². The van der Waals surface area contributed by atoms with Gasteiger partial charge in [0.05, 0.1) is 33.6 Å². The number of aryl methyl sites for hydroxylation is 1. The van der Waals surface area contributed by atoms with Crippen LogP contribution < -0.4 is 21.3 Å². The summed E-state index contributed by atoms with van der Waals surface area (Å²) >= 11 is 1.58. The first-order valence-electron chi connectivity index (χ1n) is 20.7. The zero-order chi connectivity index (χ0) is 43.0. The second kappa shape index (κ2) is 19.6. The van der Waals surface area contributed by atoms with Gasteiger partial charge in [-0.1, -0.05) is 70.0 Å². The van der Waals surface area contributed by atoms with Crippen LogP contribution in [0.1, 0.15) is 77.0 Å². The Morgan fingerprint density at radius 3 is 2.32 bits per heavy atom. The van der Waals surface area contributed by atoms with Crippen molar-refractivity contribution in [2.45, 2.75) is 97.4 Å².